The number of carboxylic acids is 1. The Hall–Kier alpha value is -0.730. The SMILES string of the molecule is Cl.O=C(O)[C@H]1CC[C@H](c2ccccc2Cl)CC1. The first-order valence-corrected chi connectivity index (χ1v) is 6.03. The standard InChI is InChI=1S/C13H15ClO2.ClH/c14-12-4-2-1-3-11(12)9-5-7-10(8-6-9)13(15)16;/h1-4,9-10H,5-8H2,(H,15,16);1H/t9-,10-;. The summed E-state index contributed by atoms with van der Waals surface area (Å²) in [5, 5.41) is 9.73. The number of carboxylic acid groups (broad SMARTS) is 1. The molecule has 0 atom stereocenters. The van der Waals surface area contributed by atoms with Crippen LogP contribution in [0.4, 0.5) is 0 Å². The topological polar surface area (TPSA) is 37.3 Å². The maximum Gasteiger partial charge on any atom is 0.306 e. The fourth-order valence-electron chi connectivity index (χ4n) is 2.46. The lowest BCUT2D eigenvalue weighted by Crippen LogP contribution is -2.20. The van der Waals surface area contributed by atoms with Gasteiger partial charge in [-0.2, -0.15) is 0 Å². The van der Waals surface area contributed by atoms with Gasteiger partial charge in [0.25, 0.3) is 0 Å². The highest BCUT2D eigenvalue weighted by Crippen LogP contribution is 2.38. The summed E-state index contributed by atoms with van der Waals surface area (Å²) < 4.78 is 0. The molecule has 0 aliphatic heterocycles. The van der Waals surface area contributed by atoms with Crippen molar-refractivity contribution in [2.45, 2.75) is 31.6 Å². The number of hydrogen-bond donors (Lipinski definition) is 1. The average Bonchev–Trinajstić information content (AvgIpc) is 2.30. The Labute approximate surface area is 112 Å². The van der Waals surface area contributed by atoms with Crippen LogP contribution < -0.4 is 0 Å². The Morgan fingerprint density at radius 2 is 1.76 bits per heavy atom. The number of halogens is 2. The minimum absolute atomic E-state index is 0. The van der Waals surface area contributed by atoms with E-state index in [4.69, 9.17) is 16.7 Å². The van der Waals surface area contributed by atoms with Gasteiger partial charge in [-0.05, 0) is 43.2 Å². The number of carbonyl (C=O) groups is 1. The van der Waals surface area contributed by atoms with E-state index >= 15 is 0 Å². The molecule has 17 heavy (non-hydrogen) atoms. The van der Waals surface area contributed by atoms with Crippen molar-refractivity contribution in [3.8, 4) is 0 Å². The maximum atomic E-state index is 10.8. The summed E-state index contributed by atoms with van der Waals surface area (Å²) in [7, 11) is 0. The molecule has 0 bridgehead atoms. The normalized spacial score (nSPS) is 23.8. The number of benzene rings is 1. The summed E-state index contributed by atoms with van der Waals surface area (Å²) in [4.78, 5) is 10.8. The number of rotatable bonds is 2. The minimum Gasteiger partial charge on any atom is -0.481 e. The Morgan fingerprint density at radius 3 is 2.29 bits per heavy atom. The van der Waals surface area contributed by atoms with Crippen LogP contribution in [0.3, 0.4) is 0 Å². The molecule has 0 spiro atoms. The van der Waals surface area contributed by atoms with Crippen molar-refractivity contribution >= 4 is 30.0 Å². The molecule has 1 N–H and O–H groups in total. The van der Waals surface area contributed by atoms with Crippen molar-refractivity contribution in [3.63, 3.8) is 0 Å². The van der Waals surface area contributed by atoms with E-state index in [0.717, 1.165) is 30.7 Å². The Bertz CT molecular complexity index is 385. The second-order valence-corrected chi connectivity index (χ2v) is 4.82. The van der Waals surface area contributed by atoms with Crippen LogP contribution in [-0.4, -0.2) is 11.1 Å². The third-order valence-corrected chi connectivity index (χ3v) is 3.77. The van der Waals surface area contributed by atoms with Gasteiger partial charge in [-0.1, -0.05) is 29.8 Å². The van der Waals surface area contributed by atoms with E-state index < -0.39 is 5.97 Å². The van der Waals surface area contributed by atoms with Gasteiger partial charge in [0, 0.05) is 5.02 Å². The van der Waals surface area contributed by atoms with E-state index in [2.05, 4.69) is 0 Å². The molecular formula is C13H16Cl2O2. The van der Waals surface area contributed by atoms with Crippen LogP contribution in [0.1, 0.15) is 37.2 Å². The first kappa shape index (κ1) is 14.3. The van der Waals surface area contributed by atoms with Crippen LogP contribution in [0.25, 0.3) is 0 Å². The molecule has 0 amide bonds. The molecule has 1 aliphatic rings. The first-order valence-electron chi connectivity index (χ1n) is 5.65. The van der Waals surface area contributed by atoms with E-state index in [-0.39, 0.29) is 18.3 Å². The zero-order valence-electron chi connectivity index (χ0n) is 9.43. The molecular weight excluding hydrogens is 259 g/mol. The molecule has 0 heterocycles. The van der Waals surface area contributed by atoms with Crippen molar-refractivity contribution in [1.29, 1.82) is 0 Å². The van der Waals surface area contributed by atoms with Crippen molar-refractivity contribution in [3.05, 3.63) is 34.9 Å². The van der Waals surface area contributed by atoms with Gasteiger partial charge in [0.15, 0.2) is 0 Å². The first-order chi connectivity index (χ1) is 7.68. The summed E-state index contributed by atoms with van der Waals surface area (Å²) in [5.74, 6) is -0.374. The van der Waals surface area contributed by atoms with Crippen molar-refractivity contribution in [2.75, 3.05) is 0 Å². The van der Waals surface area contributed by atoms with Crippen LogP contribution in [0, 0.1) is 5.92 Å². The van der Waals surface area contributed by atoms with Gasteiger partial charge in [-0.15, -0.1) is 12.4 Å². The average molecular weight is 275 g/mol. The third-order valence-electron chi connectivity index (χ3n) is 3.42. The molecule has 1 fully saturated rings. The molecule has 4 heteroatoms. The number of hydrogen-bond acceptors (Lipinski definition) is 1. The van der Waals surface area contributed by atoms with E-state index in [0.29, 0.717) is 5.92 Å². The van der Waals surface area contributed by atoms with Gasteiger partial charge in [0.1, 0.15) is 0 Å². The van der Waals surface area contributed by atoms with Crippen molar-refractivity contribution in [1.82, 2.24) is 0 Å². The van der Waals surface area contributed by atoms with Crippen molar-refractivity contribution in [2.24, 2.45) is 5.92 Å². The molecule has 1 aromatic rings. The summed E-state index contributed by atoms with van der Waals surface area (Å²) in [5.41, 5.74) is 1.17. The third kappa shape index (κ3) is 3.36. The van der Waals surface area contributed by atoms with Gasteiger partial charge in [0.2, 0.25) is 0 Å². The summed E-state index contributed by atoms with van der Waals surface area (Å²) in [6, 6.07) is 7.87. The molecule has 94 valence electrons. The second-order valence-electron chi connectivity index (χ2n) is 4.41. The molecule has 0 saturated heterocycles. The molecule has 1 aromatic carbocycles. The van der Waals surface area contributed by atoms with Crippen LogP contribution in [0.2, 0.25) is 5.02 Å². The molecule has 1 saturated carbocycles. The Balaban J connectivity index is 0.00000144. The van der Waals surface area contributed by atoms with E-state index in [9.17, 15) is 4.79 Å². The van der Waals surface area contributed by atoms with Crippen molar-refractivity contribution < 1.29 is 9.90 Å². The predicted octanol–water partition coefficient (Wildman–Crippen LogP) is 4.12. The molecule has 2 nitrogen and oxygen atoms in total. The lowest BCUT2D eigenvalue weighted by Gasteiger charge is -2.26. The maximum absolute atomic E-state index is 10.8. The zero-order chi connectivity index (χ0) is 11.5. The minimum atomic E-state index is -0.655. The monoisotopic (exact) mass is 274 g/mol. The van der Waals surface area contributed by atoms with Gasteiger partial charge < -0.3 is 5.11 Å². The van der Waals surface area contributed by atoms with Gasteiger partial charge in [-0.3, -0.25) is 4.79 Å². The zero-order valence-corrected chi connectivity index (χ0v) is 11.0. The van der Waals surface area contributed by atoms with Gasteiger partial charge >= 0.3 is 5.97 Å². The molecule has 1 aliphatic carbocycles. The van der Waals surface area contributed by atoms with Crippen LogP contribution in [0.15, 0.2) is 24.3 Å². The van der Waals surface area contributed by atoms with E-state index in [1.165, 1.54) is 5.56 Å². The summed E-state index contributed by atoms with van der Waals surface area (Å²) >= 11 is 6.14. The van der Waals surface area contributed by atoms with Crippen LogP contribution in [-0.2, 0) is 4.79 Å². The fraction of sp³-hybridized carbons (Fsp3) is 0.462. The highest BCUT2D eigenvalue weighted by atomic mass is 35.5. The largest absolute Gasteiger partial charge is 0.481 e. The quantitative estimate of drug-likeness (QED) is 0.881. The second kappa shape index (κ2) is 6.27. The van der Waals surface area contributed by atoms with Crippen LogP contribution >= 0.6 is 24.0 Å². The molecule has 0 unspecified atom stereocenters. The molecule has 0 aromatic heterocycles. The van der Waals surface area contributed by atoms with E-state index in [1.807, 2.05) is 24.3 Å². The van der Waals surface area contributed by atoms with E-state index in [1.54, 1.807) is 0 Å². The van der Waals surface area contributed by atoms with Gasteiger partial charge in [-0.25, -0.2) is 0 Å². The molecule has 2 rings (SSSR count). The lowest BCUT2D eigenvalue weighted by molar-refractivity contribution is -0.142. The summed E-state index contributed by atoms with van der Waals surface area (Å²) in [6.45, 7) is 0. The highest BCUT2D eigenvalue weighted by molar-refractivity contribution is 6.31. The molecule has 0 radical (unpaired) electrons. The Kier molecular flexibility index (Phi) is 5.29. The lowest BCUT2D eigenvalue weighted by atomic mass is 9.79. The predicted molar refractivity (Wildman–Crippen MR) is 71.0 cm³/mol. The van der Waals surface area contributed by atoms with Crippen LogP contribution in [0.5, 0.6) is 0 Å². The Morgan fingerprint density at radius 1 is 1.18 bits per heavy atom. The summed E-state index contributed by atoms with van der Waals surface area (Å²) in [6.07, 6.45) is 3.40. The number of aliphatic carboxylic acids is 1. The fourth-order valence-corrected chi connectivity index (χ4v) is 2.75. The highest BCUT2D eigenvalue weighted by Gasteiger charge is 2.27. The smallest absolute Gasteiger partial charge is 0.306 e. The van der Waals surface area contributed by atoms with Gasteiger partial charge in [0.05, 0.1) is 5.92 Å².